The van der Waals surface area contributed by atoms with Crippen LogP contribution < -0.4 is 10.0 Å². The van der Waals surface area contributed by atoms with Crippen molar-refractivity contribution in [2.75, 3.05) is 13.1 Å². The van der Waals surface area contributed by atoms with Crippen molar-refractivity contribution < 1.29 is 13.2 Å². The first-order valence-electron chi connectivity index (χ1n) is 10.2. The standard InChI is InChI=1S/C22H27N5O3S2/c1-15-5-8-18(9-6-15)21-25-26-22(31)27(21)13-10-20(28)23-11-12-24-32(29,30)19-14-16(2)4-7-17(19)3/h4-9,14,24H,10-13H2,1-3H3,(H,23,28)(H,26,31). The molecule has 0 saturated heterocycles. The topological polar surface area (TPSA) is 109 Å². The van der Waals surface area contributed by atoms with Gasteiger partial charge in [0.1, 0.15) is 0 Å². The maximum Gasteiger partial charge on any atom is 0.240 e. The number of aromatic nitrogens is 3. The highest BCUT2D eigenvalue weighted by molar-refractivity contribution is 7.89. The van der Waals surface area contributed by atoms with Crippen LogP contribution in [0.4, 0.5) is 0 Å². The number of aryl methyl sites for hydroxylation is 3. The number of amides is 1. The first-order valence-corrected chi connectivity index (χ1v) is 12.1. The van der Waals surface area contributed by atoms with Crippen LogP contribution in [-0.4, -0.2) is 42.2 Å². The molecule has 3 aromatic rings. The number of hydrogen-bond donors (Lipinski definition) is 3. The minimum Gasteiger partial charge on any atom is -0.355 e. The quantitative estimate of drug-likeness (QED) is 0.327. The van der Waals surface area contributed by atoms with Crippen molar-refractivity contribution in [1.82, 2.24) is 24.8 Å². The number of hydrogen-bond acceptors (Lipinski definition) is 5. The van der Waals surface area contributed by atoms with Crippen molar-refractivity contribution >= 4 is 28.1 Å². The van der Waals surface area contributed by atoms with Crippen molar-refractivity contribution in [2.24, 2.45) is 0 Å². The molecule has 0 bridgehead atoms. The predicted molar refractivity (Wildman–Crippen MR) is 126 cm³/mol. The van der Waals surface area contributed by atoms with Crippen LogP contribution in [0.3, 0.4) is 0 Å². The molecule has 0 aliphatic heterocycles. The third kappa shape index (κ3) is 5.90. The first kappa shape index (κ1) is 23.8. The highest BCUT2D eigenvalue weighted by Crippen LogP contribution is 2.18. The number of nitrogens with zero attached hydrogens (tertiary/aromatic N) is 2. The Morgan fingerprint density at radius 2 is 1.75 bits per heavy atom. The van der Waals surface area contributed by atoms with E-state index < -0.39 is 10.0 Å². The van der Waals surface area contributed by atoms with Crippen molar-refractivity contribution in [3.05, 3.63) is 63.9 Å². The molecule has 0 atom stereocenters. The molecule has 1 heterocycles. The van der Waals surface area contributed by atoms with Crippen LogP contribution >= 0.6 is 12.2 Å². The molecule has 0 radical (unpaired) electrons. The Morgan fingerprint density at radius 1 is 1.06 bits per heavy atom. The molecule has 0 spiro atoms. The van der Waals surface area contributed by atoms with E-state index in [1.165, 1.54) is 0 Å². The van der Waals surface area contributed by atoms with E-state index in [-0.39, 0.29) is 30.3 Å². The van der Waals surface area contributed by atoms with Crippen molar-refractivity contribution in [2.45, 2.75) is 38.6 Å². The van der Waals surface area contributed by atoms with E-state index in [1.54, 1.807) is 23.6 Å². The molecule has 32 heavy (non-hydrogen) atoms. The normalized spacial score (nSPS) is 11.5. The predicted octanol–water partition coefficient (Wildman–Crippen LogP) is 3.02. The Kier molecular flexibility index (Phi) is 7.60. The third-order valence-corrected chi connectivity index (χ3v) is 6.92. The van der Waals surface area contributed by atoms with Gasteiger partial charge in [-0.1, -0.05) is 42.0 Å². The SMILES string of the molecule is Cc1ccc(-c2n[nH]c(=S)n2CCC(=O)NCCNS(=O)(=O)c2cc(C)ccc2C)cc1. The van der Waals surface area contributed by atoms with Gasteiger partial charge in [0.15, 0.2) is 10.6 Å². The molecule has 1 aromatic heterocycles. The van der Waals surface area contributed by atoms with Gasteiger partial charge in [-0.15, -0.1) is 0 Å². The van der Waals surface area contributed by atoms with Gasteiger partial charge in [0.2, 0.25) is 15.9 Å². The van der Waals surface area contributed by atoms with E-state index in [1.807, 2.05) is 44.2 Å². The summed E-state index contributed by atoms with van der Waals surface area (Å²) in [6, 6.07) is 13.2. The van der Waals surface area contributed by atoms with Crippen molar-refractivity contribution in [3.8, 4) is 11.4 Å². The summed E-state index contributed by atoms with van der Waals surface area (Å²) in [7, 11) is -3.64. The third-order valence-electron chi connectivity index (χ3n) is 5.00. The number of benzene rings is 2. The minimum absolute atomic E-state index is 0.0984. The van der Waals surface area contributed by atoms with E-state index >= 15 is 0 Å². The summed E-state index contributed by atoms with van der Waals surface area (Å²) in [5.74, 6) is 0.470. The van der Waals surface area contributed by atoms with E-state index in [9.17, 15) is 13.2 Å². The Morgan fingerprint density at radius 3 is 2.47 bits per heavy atom. The fourth-order valence-corrected chi connectivity index (χ4v) is 4.79. The lowest BCUT2D eigenvalue weighted by Gasteiger charge is -2.11. The van der Waals surface area contributed by atoms with E-state index in [0.29, 0.717) is 22.7 Å². The summed E-state index contributed by atoms with van der Waals surface area (Å²) in [5.41, 5.74) is 3.59. The summed E-state index contributed by atoms with van der Waals surface area (Å²) < 4.78 is 29.8. The summed E-state index contributed by atoms with van der Waals surface area (Å²) in [5, 5.41) is 9.79. The van der Waals surface area contributed by atoms with Gasteiger partial charge in [-0.2, -0.15) is 5.10 Å². The Labute approximate surface area is 193 Å². The van der Waals surface area contributed by atoms with E-state index in [4.69, 9.17) is 12.2 Å². The first-order chi connectivity index (χ1) is 15.2. The van der Waals surface area contributed by atoms with Gasteiger partial charge in [-0.05, 0) is 50.2 Å². The zero-order valence-electron chi connectivity index (χ0n) is 18.3. The van der Waals surface area contributed by atoms with Crippen molar-refractivity contribution in [3.63, 3.8) is 0 Å². The van der Waals surface area contributed by atoms with Gasteiger partial charge in [-0.25, -0.2) is 13.1 Å². The van der Waals surface area contributed by atoms with E-state index in [2.05, 4.69) is 20.2 Å². The maximum atomic E-state index is 12.5. The maximum absolute atomic E-state index is 12.5. The van der Waals surface area contributed by atoms with Crippen molar-refractivity contribution in [1.29, 1.82) is 0 Å². The van der Waals surface area contributed by atoms with Crippen LogP contribution in [0.25, 0.3) is 11.4 Å². The van der Waals surface area contributed by atoms with Crippen LogP contribution in [-0.2, 0) is 21.4 Å². The second-order valence-electron chi connectivity index (χ2n) is 7.64. The van der Waals surface area contributed by atoms with Crippen LogP contribution in [0.15, 0.2) is 47.4 Å². The number of carbonyl (C=O) groups is 1. The van der Waals surface area contributed by atoms with Crippen LogP contribution in [0.1, 0.15) is 23.1 Å². The molecular weight excluding hydrogens is 446 g/mol. The van der Waals surface area contributed by atoms with Gasteiger partial charge in [0.25, 0.3) is 0 Å². The Hall–Kier alpha value is -2.82. The lowest BCUT2D eigenvalue weighted by Crippen LogP contribution is -2.35. The van der Waals surface area contributed by atoms with E-state index in [0.717, 1.165) is 16.7 Å². The summed E-state index contributed by atoms with van der Waals surface area (Å²) in [6.45, 7) is 6.24. The number of nitrogens with one attached hydrogen (secondary N) is 3. The molecule has 1 amide bonds. The molecule has 170 valence electrons. The number of rotatable bonds is 9. The molecule has 3 N–H and O–H groups in total. The van der Waals surface area contributed by atoms with Crippen LogP contribution in [0, 0.1) is 25.5 Å². The summed E-state index contributed by atoms with van der Waals surface area (Å²) in [4.78, 5) is 12.5. The average molecular weight is 474 g/mol. The minimum atomic E-state index is -3.64. The second-order valence-corrected chi connectivity index (χ2v) is 9.76. The van der Waals surface area contributed by atoms with Gasteiger partial charge < -0.3 is 5.32 Å². The molecule has 10 heteroatoms. The highest BCUT2D eigenvalue weighted by Gasteiger charge is 2.16. The second kappa shape index (κ2) is 10.2. The van der Waals surface area contributed by atoms with Gasteiger partial charge in [0, 0.05) is 31.6 Å². The van der Waals surface area contributed by atoms with Gasteiger partial charge >= 0.3 is 0 Å². The van der Waals surface area contributed by atoms with Gasteiger partial charge in [-0.3, -0.25) is 14.5 Å². The zero-order chi connectivity index (χ0) is 23.3. The average Bonchev–Trinajstić information content (AvgIpc) is 3.12. The monoisotopic (exact) mass is 473 g/mol. The van der Waals surface area contributed by atoms with Crippen LogP contribution in [0.2, 0.25) is 0 Å². The number of carbonyl (C=O) groups excluding carboxylic acids is 1. The Balaban J connectivity index is 1.51. The fourth-order valence-electron chi connectivity index (χ4n) is 3.21. The molecule has 2 aromatic carbocycles. The number of sulfonamides is 1. The molecule has 0 fully saturated rings. The number of aromatic amines is 1. The lowest BCUT2D eigenvalue weighted by atomic mass is 10.1. The zero-order valence-corrected chi connectivity index (χ0v) is 19.9. The molecule has 0 aliphatic rings. The Bertz CT molecular complexity index is 1260. The molecule has 0 unspecified atom stereocenters. The number of H-pyrrole nitrogens is 1. The van der Waals surface area contributed by atoms with Crippen LogP contribution in [0.5, 0.6) is 0 Å². The molecule has 0 aliphatic carbocycles. The molecule has 0 saturated carbocycles. The fraction of sp³-hybridized carbons (Fsp3) is 0.318. The van der Waals surface area contributed by atoms with Gasteiger partial charge in [0.05, 0.1) is 4.90 Å². The summed E-state index contributed by atoms with van der Waals surface area (Å²) in [6.07, 6.45) is 0.191. The lowest BCUT2D eigenvalue weighted by molar-refractivity contribution is -0.121. The highest BCUT2D eigenvalue weighted by atomic mass is 32.2. The molecular formula is C22H27N5O3S2. The smallest absolute Gasteiger partial charge is 0.240 e. The summed E-state index contributed by atoms with van der Waals surface area (Å²) >= 11 is 5.30. The molecule has 8 nitrogen and oxygen atoms in total. The largest absolute Gasteiger partial charge is 0.355 e. The molecule has 3 rings (SSSR count).